The Bertz CT molecular complexity index is 706. The Morgan fingerprint density at radius 1 is 1.22 bits per heavy atom. The lowest BCUT2D eigenvalue weighted by Crippen LogP contribution is -2.36. The summed E-state index contributed by atoms with van der Waals surface area (Å²) in [4.78, 5) is 13.2. The lowest BCUT2D eigenvalue weighted by atomic mass is 10.2. The van der Waals surface area contributed by atoms with E-state index >= 15 is 0 Å². The van der Waals surface area contributed by atoms with Crippen LogP contribution in [0.1, 0.15) is 18.9 Å². The molecule has 1 aromatic carbocycles. The highest BCUT2D eigenvalue weighted by molar-refractivity contribution is 7.89. The molecule has 8 heteroatoms. The average Bonchev–Trinajstić information content (AvgIpc) is 2.76. The molecule has 2 rings (SSSR count). The molecule has 23 heavy (non-hydrogen) atoms. The van der Waals surface area contributed by atoms with E-state index < -0.39 is 10.0 Å². The van der Waals surface area contributed by atoms with Gasteiger partial charge < -0.3 is 9.64 Å². The number of hydrogen-bond acceptors (Lipinski definition) is 4. The molecule has 1 heterocycles. The number of rotatable bonds is 3. The zero-order chi connectivity index (χ0) is 17.2. The summed E-state index contributed by atoms with van der Waals surface area (Å²) in [6.07, 6.45) is 0.598. The first-order valence-electron chi connectivity index (χ1n) is 7.37. The van der Waals surface area contributed by atoms with Crippen LogP contribution in [0.3, 0.4) is 0 Å². The molecule has 1 aliphatic rings. The summed E-state index contributed by atoms with van der Waals surface area (Å²) in [5.41, 5.74) is 0.751. The fraction of sp³-hybridized carbons (Fsp3) is 0.533. The van der Waals surface area contributed by atoms with Crippen molar-refractivity contribution < 1.29 is 17.9 Å². The number of benzene rings is 1. The van der Waals surface area contributed by atoms with E-state index in [0.29, 0.717) is 31.1 Å². The number of nitrogens with zero attached hydrogens (tertiary/aromatic N) is 2. The van der Waals surface area contributed by atoms with Crippen LogP contribution in [0, 0.1) is 6.92 Å². The van der Waals surface area contributed by atoms with Crippen LogP contribution in [0.15, 0.2) is 17.0 Å². The number of carbonyl (C=O) groups is 1. The van der Waals surface area contributed by atoms with Crippen molar-refractivity contribution in [3.8, 4) is 5.75 Å². The van der Waals surface area contributed by atoms with Crippen LogP contribution in [-0.4, -0.2) is 56.8 Å². The van der Waals surface area contributed by atoms with Gasteiger partial charge in [0.05, 0.1) is 7.11 Å². The van der Waals surface area contributed by atoms with Crippen molar-refractivity contribution in [2.75, 3.05) is 33.3 Å². The Kier molecular flexibility index (Phi) is 5.54. The van der Waals surface area contributed by atoms with E-state index in [9.17, 15) is 13.2 Å². The molecule has 1 fully saturated rings. The Hall–Kier alpha value is -1.31. The van der Waals surface area contributed by atoms with Gasteiger partial charge in [-0.25, -0.2) is 8.42 Å². The zero-order valence-electron chi connectivity index (χ0n) is 13.5. The van der Waals surface area contributed by atoms with Gasteiger partial charge >= 0.3 is 0 Å². The monoisotopic (exact) mass is 360 g/mol. The maximum atomic E-state index is 12.9. The fourth-order valence-corrected chi connectivity index (χ4v) is 4.45. The van der Waals surface area contributed by atoms with Crippen LogP contribution in [0.4, 0.5) is 0 Å². The first-order valence-corrected chi connectivity index (χ1v) is 9.19. The van der Waals surface area contributed by atoms with Crippen molar-refractivity contribution in [2.45, 2.75) is 25.2 Å². The van der Waals surface area contributed by atoms with Crippen molar-refractivity contribution in [3.63, 3.8) is 0 Å². The number of halogens is 1. The van der Waals surface area contributed by atoms with Gasteiger partial charge in [-0.2, -0.15) is 4.31 Å². The molecule has 0 aromatic heterocycles. The average molecular weight is 361 g/mol. The van der Waals surface area contributed by atoms with Crippen molar-refractivity contribution in [2.24, 2.45) is 0 Å². The first kappa shape index (κ1) is 18.0. The number of ether oxygens (including phenoxy) is 1. The minimum absolute atomic E-state index is 0.0415. The largest absolute Gasteiger partial charge is 0.495 e. The van der Waals surface area contributed by atoms with E-state index in [1.807, 2.05) is 0 Å². The number of amides is 1. The summed E-state index contributed by atoms with van der Waals surface area (Å²) in [6.45, 7) is 4.85. The number of carbonyl (C=O) groups excluding carboxylic acids is 1. The predicted octanol–water partition coefficient (Wildman–Crippen LogP) is 1.90. The van der Waals surface area contributed by atoms with Gasteiger partial charge in [-0.1, -0.05) is 11.6 Å². The molecule has 1 amide bonds. The number of hydrogen-bond donors (Lipinski definition) is 0. The normalized spacial score (nSPS) is 17.0. The molecule has 0 aliphatic carbocycles. The maximum Gasteiger partial charge on any atom is 0.246 e. The quantitative estimate of drug-likeness (QED) is 0.825. The lowest BCUT2D eigenvalue weighted by Gasteiger charge is -2.22. The third-order valence-corrected chi connectivity index (χ3v) is 6.29. The summed E-state index contributed by atoms with van der Waals surface area (Å²) in [7, 11) is -2.30. The molecular formula is C15H21ClN2O4S. The van der Waals surface area contributed by atoms with Gasteiger partial charge in [-0.15, -0.1) is 0 Å². The van der Waals surface area contributed by atoms with Gasteiger partial charge in [0.1, 0.15) is 10.6 Å². The molecule has 0 radical (unpaired) electrons. The van der Waals surface area contributed by atoms with Crippen molar-refractivity contribution in [3.05, 3.63) is 22.7 Å². The van der Waals surface area contributed by atoms with Gasteiger partial charge in [0, 0.05) is 38.1 Å². The molecule has 1 aromatic rings. The molecule has 0 saturated carbocycles. The predicted molar refractivity (Wildman–Crippen MR) is 88.4 cm³/mol. The second kappa shape index (κ2) is 7.07. The first-order chi connectivity index (χ1) is 10.8. The minimum Gasteiger partial charge on any atom is -0.495 e. The molecule has 0 atom stereocenters. The molecule has 0 unspecified atom stereocenters. The molecule has 128 valence electrons. The van der Waals surface area contributed by atoms with Crippen LogP contribution in [-0.2, 0) is 14.8 Å². The Balaban J connectivity index is 2.35. The standard InChI is InChI=1S/C15H21ClN2O4S/c1-11-9-14(22-3)15(10-13(11)16)23(20,21)18-6-4-5-17(7-8-18)12(2)19/h9-10H,4-8H2,1-3H3. The fourth-order valence-electron chi connectivity index (χ4n) is 2.59. The Morgan fingerprint density at radius 3 is 2.52 bits per heavy atom. The molecule has 1 saturated heterocycles. The molecule has 1 aliphatic heterocycles. The number of aryl methyl sites for hydroxylation is 1. The summed E-state index contributed by atoms with van der Waals surface area (Å²) in [6, 6.07) is 3.05. The summed E-state index contributed by atoms with van der Waals surface area (Å²) in [5, 5.41) is 0.379. The van der Waals surface area contributed by atoms with E-state index in [2.05, 4.69) is 0 Å². The van der Waals surface area contributed by atoms with Crippen LogP contribution in [0.2, 0.25) is 5.02 Å². The topological polar surface area (TPSA) is 66.9 Å². The summed E-state index contributed by atoms with van der Waals surface area (Å²) >= 11 is 6.09. The van der Waals surface area contributed by atoms with Gasteiger partial charge in [-0.05, 0) is 31.0 Å². The lowest BCUT2D eigenvalue weighted by molar-refractivity contribution is -0.128. The zero-order valence-corrected chi connectivity index (χ0v) is 15.1. The molecule has 0 bridgehead atoms. The summed E-state index contributed by atoms with van der Waals surface area (Å²) in [5.74, 6) is 0.236. The van der Waals surface area contributed by atoms with Crippen LogP contribution < -0.4 is 4.74 Å². The van der Waals surface area contributed by atoms with Gasteiger partial charge in [0.2, 0.25) is 15.9 Å². The van der Waals surface area contributed by atoms with E-state index in [1.54, 1.807) is 17.9 Å². The third kappa shape index (κ3) is 3.79. The highest BCUT2D eigenvalue weighted by Crippen LogP contribution is 2.32. The molecule has 0 N–H and O–H groups in total. The van der Waals surface area contributed by atoms with Gasteiger partial charge in [0.15, 0.2) is 0 Å². The highest BCUT2D eigenvalue weighted by atomic mass is 35.5. The molecule has 6 nitrogen and oxygen atoms in total. The van der Waals surface area contributed by atoms with Gasteiger partial charge in [0.25, 0.3) is 0 Å². The third-order valence-electron chi connectivity index (χ3n) is 3.96. The van der Waals surface area contributed by atoms with E-state index in [-0.39, 0.29) is 23.1 Å². The Labute approximate surface area is 142 Å². The Morgan fingerprint density at radius 2 is 1.91 bits per heavy atom. The second-order valence-electron chi connectivity index (χ2n) is 5.52. The minimum atomic E-state index is -3.73. The smallest absolute Gasteiger partial charge is 0.246 e. The SMILES string of the molecule is COc1cc(C)c(Cl)cc1S(=O)(=O)N1CCCN(C(C)=O)CC1. The maximum absolute atomic E-state index is 12.9. The number of sulfonamides is 1. The van der Waals surface area contributed by atoms with Crippen LogP contribution >= 0.6 is 11.6 Å². The van der Waals surface area contributed by atoms with E-state index in [0.717, 1.165) is 5.56 Å². The van der Waals surface area contributed by atoms with Crippen LogP contribution in [0.5, 0.6) is 5.75 Å². The van der Waals surface area contributed by atoms with E-state index in [1.165, 1.54) is 24.4 Å². The molecule has 0 spiro atoms. The second-order valence-corrected chi connectivity index (χ2v) is 7.83. The van der Waals surface area contributed by atoms with Crippen LogP contribution in [0.25, 0.3) is 0 Å². The van der Waals surface area contributed by atoms with Crippen molar-refractivity contribution in [1.82, 2.24) is 9.21 Å². The van der Waals surface area contributed by atoms with E-state index in [4.69, 9.17) is 16.3 Å². The number of methoxy groups -OCH3 is 1. The molecular weight excluding hydrogens is 340 g/mol. The van der Waals surface area contributed by atoms with Crippen molar-refractivity contribution in [1.29, 1.82) is 0 Å². The van der Waals surface area contributed by atoms with Gasteiger partial charge in [-0.3, -0.25) is 4.79 Å². The summed E-state index contributed by atoms with van der Waals surface area (Å²) < 4.78 is 32.5. The van der Waals surface area contributed by atoms with Crippen molar-refractivity contribution >= 4 is 27.5 Å². The highest BCUT2D eigenvalue weighted by Gasteiger charge is 2.30.